The van der Waals surface area contributed by atoms with Gasteiger partial charge in [-0.15, -0.1) is 0 Å². The van der Waals surface area contributed by atoms with Crippen LogP contribution in [-0.2, 0) is 0 Å². The summed E-state index contributed by atoms with van der Waals surface area (Å²) in [4.78, 5) is 0. The minimum absolute atomic E-state index is 0.0791. The van der Waals surface area contributed by atoms with Gasteiger partial charge in [0.1, 0.15) is 0 Å². The minimum Gasteiger partial charge on any atom is -0.393 e. The molecule has 98 valence electrons. The molecule has 1 nitrogen and oxygen atoms in total. The van der Waals surface area contributed by atoms with Crippen molar-refractivity contribution in [3.8, 4) is 0 Å². The van der Waals surface area contributed by atoms with Crippen LogP contribution in [0.3, 0.4) is 0 Å². The van der Waals surface area contributed by atoms with Crippen LogP contribution in [0.1, 0.15) is 65.2 Å². The zero-order valence-electron chi connectivity index (χ0n) is 11.5. The standard InChI is InChI=1S/C16H28O/c1-12-8-13(2)10-15(9-12)16(17)11-14-6-4-3-5-7-14/h6,12-13,15-17H,3-5,7-11H2,1-2H3. The highest BCUT2D eigenvalue weighted by Gasteiger charge is 2.29. The van der Waals surface area contributed by atoms with Crippen molar-refractivity contribution >= 4 is 0 Å². The first kappa shape index (κ1) is 13.1. The molecule has 0 spiro atoms. The highest BCUT2D eigenvalue weighted by Crippen LogP contribution is 2.36. The van der Waals surface area contributed by atoms with E-state index in [9.17, 15) is 5.11 Å². The fraction of sp³-hybridized carbons (Fsp3) is 0.875. The molecule has 1 fully saturated rings. The van der Waals surface area contributed by atoms with Gasteiger partial charge in [0.15, 0.2) is 0 Å². The van der Waals surface area contributed by atoms with Crippen molar-refractivity contribution < 1.29 is 5.11 Å². The Morgan fingerprint density at radius 2 is 1.88 bits per heavy atom. The topological polar surface area (TPSA) is 20.2 Å². The Bertz CT molecular complexity index is 259. The van der Waals surface area contributed by atoms with Crippen LogP contribution in [-0.4, -0.2) is 11.2 Å². The minimum atomic E-state index is -0.0791. The molecule has 0 saturated heterocycles. The maximum Gasteiger partial charge on any atom is 0.0605 e. The van der Waals surface area contributed by atoms with Gasteiger partial charge in [-0.2, -0.15) is 0 Å². The third kappa shape index (κ3) is 3.84. The summed E-state index contributed by atoms with van der Waals surface area (Å²) >= 11 is 0. The molecule has 0 amide bonds. The van der Waals surface area contributed by atoms with E-state index < -0.39 is 0 Å². The largest absolute Gasteiger partial charge is 0.393 e. The summed E-state index contributed by atoms with van der Waals surface area (Å²) in [6, 6.07) is 0. The normalized spacial score (nSPS) is 36.4. The molecule has 0 heterocycles. The lowest BCUT2D eigenvalue weighted by Gasteiger charge is -2.35. The molecule has 0 aromatic heterocycles. The first-order valence-electron chi connectivity index (χ1n) is 7.51. The first-order valence-corrected chi connectivity index (χ1v) is 7.51. The predicted octanol–water partition coefficient (Wildman–Crippen LogP) is 4.31. The van der Waals surface area contributed by atoms with E-state index in [0.29, 0.717) is 5.92 Å². The fourth-order valence-corrected chi connectivity index (χ4v) is 3.85. The molecular weight excluding hydrogens is 208 g/mol. The quantitative estimate of drug-likeness (QED) is 0.724. The van der Waals surface area contributed by atoms with Gasteiger partial charge in [0.2, 0.25) is 0 Å². The molecular formula is C16H28O. The monoisotopic (exact) mass is 236 g/mol. The summed E-state index contributed by atoms with van der Waals surface area (Å²) in [5.74, 6) is 2.16. The molecule has 3 unspecified atom stereocenters. The van der Waals surface area contributed by atoms with E-state index in [0.717, 1.165) is 18.3 Å². The van der Waals surface area contributed by atoms with Gasteiger partial charge in [0, 0.05) is 0 Å². The van der Waals surface area contributed by atoms with E-state index in [1.165, 1.54) is 50.5 Å². The summed E-state index contributed by atoms with van der Waals surface area (Å²) in [7, 11) is 0. The van der Waals surface area contributed by atoms with E-state index in [1.807, 2.05) is 0 Å². The van der Waals surface area contributed by atoms with Crippen LogP contribution in [0, 0.1) is 17.8 Å². The third-order valence-electron chi connectivity index (χ3n) is 4.62. The zero-order chi connectivity index (χ0) is 12.3. The predicted molar refractivity (Wildman–Crippen MR) is 72.8 cm³/mol. The molecule has 3 atom stereocenters. The maximum absolute atomic E-state index is 10.4. The Morgan fingerprint density at radius 3 is 2.47 bits per heavy atom. The lowest BCUT2D eigenvalue weighted by atomic mass is 9.73. The Labute approximate surface area is 106 Å². The van der Waals surface area contributed by atoms with Gasteiger partial charge >= 0.3 is 0 Å². The second-order valence-electron chi connectivity index (χ2n) is 6.56. The van der Waals surface area contributed by atoms with Crippen LogP contribution in [0.5, 0.6) is 0 Å². The Balaban J connectivity index is 1.86. The summed E-state index contributed by atoms with van der Waals surface area (Å²) < 4.78 is 0. The smallest absolute Gasteiger partial charge is 0.0605 e. The number of hydrogen-bond acceptors (Lipinski definition) is 1. The molecule has 0 aliphatic heterocycles. The average Bonchev–Trinajstić information content (AvgIpc) is 2.29. The van der Waals surface area contributed by atoms with Gasteiger partial charge in [0.25, 0.3) is 0 Å². The van der Waals surface area contributed by atoms with Crippen molar-refractivity contribution in [3.05, 3.63) is 11.6 Å². The number of aliphatic hydroxyl groups excluding tert-OH is 1. The lowest BCUT2D eigenvalue weighted by molar-refractivity contribution is 0.0553. The van der Waals surface area contributed by atoms with Crippen LogP contribution in [0.25, 0.3) is 0 Å². The molecule has 1 heteroatoms. The van der Waals surface area contributed by atoms with Crippen LogP contribution < -0.4 is 0 Å². The number of hydrogen-bond donors (Lipinski definition) is 1. The molecule has 2 aliphatic carbocycles. The van der Waals surface area contributed by atoms with Crippen molar-refractivity contribution in [1.82, 2.24) is 0 Å². The van der Waals surface area contributed by atoms with Crippen LogP contribution in [0.2, 0.25) is 0 Å². The van der Waals surface area contributed by atoms with E-state index in [-0.39, 0.29) is 6.10 Å². The highest BCUT2D eigenvalue weighted by molar-refractivity contribution is 5.06. The second-order valence-corrected chi connectivity index (χ2v) is 6.56. The van der Waals surface area contributed by atoms with Crippen molar-refractivity contribution in [1.29, 1.82) is 0 Å². The molecule has 0 aromatic rings. The number of allylic oxidation sites excluding steroid dienone is 1. The Hall–Kier alpha value is -0.300. The molecule has 0 bridgehead atoms. The van der Waals surface area contributed by atoms with Crippen molar-refractivity contribution in [3.63, 3.8) is 0 Å². The van der Waals surface area contributed by atoms with Crippen molar-refractivity contribution in [2.45, 2.75) is 71.3 Å². The van der Waals surface area contributed by atoms with Gasteiger partial charge < -0.3 is 5.11 Å². The summed E-state index contributed by atoms with van der Waals surface area (Å²) in [5, 5.41) is 10.4. The van der Waals surface area contributed by atoms with Crippen molar-refractivity contribution in [2.75, 3.05) is 0 Å². The second kappa shape index (κ2) is 6.04. The Morgan fingerprint density at radius 1 is 1.18 bits per heavy atom. The van der Waals surface area contributed by atoms with E-state index in [1.54, 1.807) is 0 Å². The van der Waals surface area contributed by atoms with Crippen LogP contribution in [0.15, 0.2) is 11.6 Å². The van der Waals surface area contributed by atoms with Gasteiger partial charge in [-0.05, 0) is 69.1 Å². The fourth-order valence-electron chi connectivity index (χ4n) is 3.85. The van der Waals surface area contributed by atoms with Gasteiger partial charge in [0.05, 0.1) is 6.10 Å². The maximum atomic E-state index is 10.4. The number of aliphatic hydroxyl groups is 1. The SMILES string of the molecule is CC1CC(C)CC(C(O)CC2=CCCCC2)C1. The molecule has 1 N–H and O–H groups in total. The van der Waals surface area contributed by atoms with Crippen molar-refractivity contribution in [2.24, 2.45) is 17.8 Å². The molecule has 0 radical (unpaired) electrons. The number of rotatable bonds is 3. The summed E-state index contributed by atoms with van der Waals surface area (Å²) in [5.41, 5.74) is 1.52. The average molecular weight is 236 g/mol. The van der Waals surface area contributed by atoms with Crippen LogP contribution in [0.4, 0.5) is 0 Å². The molecule has 17 heavy (non-hydrogen) atoms. The van der Waals surface area contributed by atoms with Gasteiger partial charge in [-0.25, -0.2) is 0 Å². The first-order chi connectivity index (χ1) is 8.15. The Kier molecular flexibility index (Phi) is 4.67. The highest BCUT2D eigenvalue weighted by atomic mass is 16.3. The third-order valence-corrected chi connectivity index (χ3v) is 4.62. The summed E-state index contributed by atoms with van der Waals surface area (Å²) in [6.07, 6.45) is 12.2. The summed E-state index contributed by atoms with van der Waals surface area (Å²) in [6.45, 7) is 4.69. The van der Waals surface area contributed by atoms with Gasteiger partial charge in [-0.1, -0.05) is 25.5 Å². The molecule has 0 aromatic carbocycles. The molecule has 2 aliphatic rings. The van der Waals surface area contributed by atoms with E-state index in [4.69, 9.17) is 0 Å². The zero-order valence-corrected chi connectivity index (χ0v) is 11.5. The van der Waals surface area contributed by atoms with Crippen LogP contribution >= 0.6 is 0 Å². The van der Waals surface area contributed by atoms with Gasteiger partial charge in [-0.3, -0.25) is 0 Å². The lowest BCUT2D eigenvalue weighted by Crippen LogP contribution is -2.29. The molecule has 2 rings (SSSR count). The van der Waals surface area contributed by atoms with E-state index >= 15 is 0 Å². The molecule has 1 saturated carbocycles. The van der Waals surface area contributed by atoms with E-state index in [2.05, 4.69) is 19.9 Å².